The van der Waals surface area contributed by atoms with Crippen molar-refractivity contribution in [1.29, 1.82) is 0 Å². The van der Waals surface area contributed by atoms with Gasteiger partial charge in [-0.2, -0.15) is 0 Å². The number of rotatable bonds is 3. The fourth-order valence-corrected chi connectivity index (χ4v) is 3.66. The minimum absolute atomic E-state index is 0.233. The molecule has 2 aromatic carbocycles. The maximum absolute atomic E-state index is 13.3. The Morgan fingerprint density at radius 2 is 1.75 bits per heavy atom. The molecule has 0 spiro atoms. The van der Waals surface area contributed by atoms with Crippen LogP contribution < -0.4 is 10.9 Å². The number of benzene rings is 2. The van der Waals surface area contributed by atoms with Crippen molar-refractivity contribution < 1.29 is 4.79 Å². The SMILES string of the molecule is Cc1ccc2c(c1)c(C)cc(=O)n2C(C(=O)NC(C)(C)C)c1ccccc1Cl. The Balaban J connectivity index is 2.35. The zero-order chi connectivity index (χ0) is 20.6. The molecule has 0 radical (unpaired) electrons. The van der Waals surface area contributed by atoms with Gasteiger partial charge in [0.1, 0.15) is 6.04 Å². The number of carbonyl (C=O) groups is 1. The predicted octanol–water partition coefficient (Wildman–Crippen LogP) is 4.78. The monoisotopic (exact) mass is 396 g/mol. The Kier molecular flexibility index (Phi) is 5.35. The van der Waals surface area contributed by atoms with E-state index in [2.05, 4.69) is 5.32 Å². The topological polar surface area (TPSA) is 51.1 Å². The van der Waals surface area contributed by atoms with Crippen LogP contribution in [0.4, 0.5) is 0 Å². The predicted molar refractivity (Wildman–Crippen MR) is 115 cm³/mol. The summed E-state index contributed by atoms with van der Waals surface area (Å²) in [5, 5.41) is 4.40. The van der Waals surface area contributed by atoms with Crippen LogP contribution in [0, 0.1) is 13.8 Å². The number of halogens is 1. The van der Waals surface area contributed by atoms with E-state index in [0.717, 1.165) is 16.5 Å². The number of nitrogens with zero attached hydrogens (tertiary/aromatic N) is 1. The van der Waals surface area contributed by atoms with E-state index >= 15 is 0 Å². The number of hydrogen-bond donors (Lipinski definition) is 1. The highest BCUT2D eigenvalue weighted by molar-refractivity contribution is 6.31. The molecule has 0 aliphatic carbocycles. The van der Waals surface area contributed by atoms with Crippen molar-refractivity contribution in [2.75, 3.05) is 0 Å². The molecule has 0 fully saturated rings. The van der Waals surface area contributed by atoms with E-state index in [1.54, 1.807) is 22.8 Å². The van der Waals surface area contributed by atoms with Crippen LogP contribution in [0.3, 0.4) is 0 Å². The Bertz CT molecular complexity index is 1110. The molecule has 3 rings (SSSR count). The van der Waals surface area contributed by atoms with Gasteiger partial charge in [-0.25, -0.2) is 0 Å². The molecule has 1 unspecified atom stereocenters. The van der Waals surface area contributed by atoms with E-state index in [9.17, 15) is 9.59 Å². The Morgan fingerprint density at radius 1 is 1.07 bits per heavy atom. The lowest BCUT2D eigenvalue weighted by Gasteiger charge is -2.28. The standard InChI is InChI=1S/C23H25ClN2O2/c1-14-10-11-19-17(12-14)15(2)13-20(27)26(19)21(22(28)25-23(3,4)5)16-8-6-7-9-18(16)24/h6-13,21H,1-5H3,(H,25,28). The summed E-state index contributed by atoms with van der Waals surface area (Å²) in [6.45, 7) is 9.65. The Hall–Kier alpha value is -2.59. The van der Waals surface area contributed by atoms with Gasteiger partial charge in [0.25, 0.3) is 5.56 Å². The first-order valence-electron chi connectivity index (χ1n) is 9.27. The van der Waals surface area contributed by atoms with Gasteiger partial charge in [0, 0.05) is 27.6 Å². The number of aryl methyl sites for hydroxylation is 2. The van der Waals surface area contributed by atoms with Crippen LogP contribution in [0.2, 0.25) is 5.02 Å². The number of pyridine rings is 1. The molecule has 4 nitrogen and oxygen atoms in total. The third kappa shape index (κ3) is 3.97. The number of fused-ring (bicyclic) bond motifs is 1. The van der Waals surface area contributed by atoms with Gasteiger partial charge in [0.05, 0.1) is 5.52 Å². The zero-order valence-corrected chi connectivity index (χ0v) is 17.6. The van der Waals surface area contributed by atoms with Crippen LogP contribution >= 0.6 is 11.6 Å². The molecule has 0 aliphatic rings. The number of amides is 1. The molecule has 1 atom stereocenters. The third-order valence-electron chi connectivity index (χ3n) is 4.62. The lowest BCUT2D eigenvalue weighted by molar-refractivity contribution is -0.124. The van der Waals surface area contributed by atoms with E-state index < -0.39 is 11.6 Å². The Morgan fingerprint density at radius 3 is 2.39 bits per heavy atom. The number of hydrogen-bond acceptors (Lipinski definition) is 2. The number of nitrogens with one attached hydrogen (secondary N) is 1. The molecule has 28 heavy (non-hydrogen) atoms. The third-order valence-corrected chi connectivity index (χ3v) is 4.96. The van der Waals surface area contributed by atoms with Gasteiger partial charge in [0.15, 0.2) is 0 Å². The Labute approximate surface area is 170 Å². The van der Waals surface area contributed by atoms with Gasteiger partial charge in [0.2, 0.25) is 5.91 Å². The van der Waals surface area contributed by atoms with Gasteiger partial charge < -0.3 is 5.32 Å². The van der Waals surface area contributed by atoms with E-state index in [0.29, 0.717) is 16.1 Å². The van der Waals surface area contributed by atoms with Crippen LogP contribution in [0.5, 0.6) is 0 Å². The first-order chi connectivity index (χ1) is 13.1. The second-order valence-electron chi connectivity index (χ2n) is 8.22. The molecule has 5 heteroatoms. The van der Waals surface area contributed by atoms with Crippen molar-refractivity contribution in [3.63, 3.8) is 0 Å². The molecule has 0 aliphatic heterocycles. The summed E-state index contributed by atoms with van der Waals surface area (Å²) in [6, 6.07) is 13.7. The highest BCUT2D eigenvalue weighted by atomic mass is 35.5. The van der Waals surface area contributed by atoms with Gasteiger partial charge in [-0.1, -0.05) is 41.4 Å². The van der Waals surface area contributed by atoms with Crippen LogP contribution in [-0.2, 0) is 4.79 Å². The molecule has 0 bridgehead atoms. The van der Waals surface area contributed by atoms with E-state index in [1.165, 1.54) is 0 Å². The van der Waals surface area contributed by atoms with Crippen molar-refractivity contribution in [1.82, 2.24) is 9.88 Å². The largest absolute Gasteiger partial charge is 0.349 e. The van der Waals surface area contributed by atoms with Gasteiger partial charge in [-0.3, -0.25) is 14.2 Å². The van der Waals surface area contributed by atoms with Crippen LogP contribution in [0.25, 0.3) is 10.9 Å². The molecule has 1 heterocycles. The first kappa shape index (κ1) is 20.2. The summed E-state index contributed by atoms with van der Waals surface area (Å²) < 4.78 is 1.55. The average Bonchev–Trinajstić information content (AvgIpc) is 2.58. The molecular weight excluding hydrogens is 372 g/mol. The minimum atomic E-state index is -0.869. The quantitative estimate of drug-likeness (QED) is 0.692. The fourth-order valence-electron chi connectivity index (χ4n) is 3.43. The molecule has 0 saturated heterocycles. The van der Waals surface area contributed by atoms with Gasteiger partial charge >= 0.3 is 0 Å². The molecular formula is C23H25ClN2O2. The molecule has 1 amide bonds. The normalized spacial score (nSPS) is 12.8. The maximum Gasteiger partial charge on any atom is 0.252 e. The number of carbonyl (C=O) groups excluding carboxylic acids is 1. The molecule has 1 aromatic heterocycles. The van der Waals surface area contributed by atoms with Crippen LogP contribution in [0.1, 0.15) is 43.5 Å². The summed E-state index contributed by atoms with van der Waals surface area (Å²) in [6.07, 6.45) is 0. The van der Waals surface area contributed by atoms with Crippen molar-refractivity contribution >= 4 is 28.4 Å². The zero-order valence-electron chi connectivity index (χ0n) is 16.8. The highest BCUT2D eigenvalue weighted by Crippen LogP contribution is 2.29. The van der Waals surface area contributed by atoms with Crippen molar-refractivity contribution in [3.8, 4) is 0 Å². The summed E-state index contributed by atoms with van der Waals surface area (Å²) in [7, 11) is 0. The molecule has 3 aromatic rings. The summed E-state index contributed by atoms with van der Waals surface area (Å²) in [5.41, 5.74) is 2.60. The number of aromatic nitrogens is 1. The summed E-state index contributed by atoms with van der Waals surface area (Å²) in [4.78, 5) is 26.4. The second-order valence-corrected chi connectivity index (χ2v) is 8.63. The lowest BCUT2D eigenvalue weighted by Crippen LogP contribution is -2.46. The van der Waals surface area contributed by atoms with Crippen LogP contribution in [0.15, 0.2) is 53.3 Å². The highest BCUT2D eigenvalue weighted by Gasteiger charge is 2.29. The fraction of sp³-hybridized carbons (Fsp3) is 0.304. The van der Waals surface area contributed by atoms with E-state index in [-0.39, 0.29) is 11.5 Å². The second kappa shape index (κ2) is 7.44. The summed E-state index contributed by atoms with van der Waals surface area (Å²) in [5.74, 6) is -0.270. The molecule has 0 saturated carbocycles. The lowest BCUT2D eigenvalue weighted by atomic mass is 10.0. The van der Waals surface area contributed by atoms with Crippen molar-refractivity contribution in [2.24, 2.45) is 0 Å². The first-order valence-corrected chi connectivity index (χ1v) is 9.65. The van der Waals surface area contributed by atoms with E-state index in [1.807, 2.05) is 65.0 Å². The molecule has 146 valence electrons. The van der Waals surface area contributed by atoms with Crippen molar-refractivity contribution in [2.45, 2.75) is 46.2 Å². The van der Waals surface area contributed by atoms with Crippen molar-refractivity contribution in [3.05, 3.63) is 80.6 Å². The summed E-state index contributed by atoms with van der Waals surface area (Å²) >= 11 is 6.45. The van der Waals surface area contributed by atoms with Gasteiger partial charge in [-0.15, -0.1) is 0 Å². The smallest absolute Gasteiger partial charge is 0.252 e. The van der Waals surface area contributed by atoms with Gasteiger partial charge in [-0.05, 0) is 58.4 Å². The minimum Gasteiger partial charge on any atom is -0.349 e. The average molecular weight is 397 g/mol. The van der Waals surface area contributed by atoms with Crippen LogP contribution in [-0.4, -0.2) is 16.0 Å². The van der Waals surface area contributed by atoms with E-state index in [4.69, 9.17) is 11.6 Å². The molecule has 1 N–H and O–H groups in total. The maximum atomic E-state index is 13.3.